The van der Waals surface area contributed by atoms with E-state index in [0.29, 0.717) is 0 Å². The van der Waals surface area contributed by atoms with Crippen LogP contribution < -0.4 is 10.6 Å². The normalized spacial score (nSPS) is 20.8. The van der Waals surface area contributed by atoms with E-state index < -0.39 is 0 Å². The number of rotatable bonds is 8. The molecule has 14 heavy (non-hydrogen) atoms. The van der Waals surface area contributed by atoms with Gasteiger partial charge >= 0.3 is 0 Å². The molecule has 1 rings (SSSR count). The van der Waals surface area contributed by atoms with E-state index in [9.17, 15) is 0 Å². The minimum absolute atomic E-state index is 0.000416. The third kappa shape index (κ3) is 4.40. The maximum atomic E-state index is 5.44. The quantitative estimate of drug-likeness (QED) is 0.577. The van der Waals surface area contributed by atoms with Gasteiger partial charge in [-0.15, -0.1) is 0 Å². The molecule has 0 bridgehead atoms. The summed E-state index contributed by atoms with van der Waals surface area (Å²) in [6.07, 6.45) is 3.78. The first-order valence-electron chi connectivity index (χ1n) is 5.69. The van der Waals surface area contributed by atoms with Crippen LogP contribution in [0.5, 0.6) is 0 Å². The predicted octanol–water partition coefficient (Wildman–Crippen LogP) is 1.14. The Morgan fingerprint density at radius 1 is 1.36 bits per heavy atom. The summed E-state index contributed by atoms with van der Waals surface area (Å²) in [5, 5.41) is 6.90. The zero-order valence-corrected chi connectivity index (χ0v) is 9.73. The van der Waals surface area contributed by atoms with Gasteiger partial charge in [0.2, 0.25) is 0 Å². The van der Waals surface area contributed by atoms with Crippen molar-refractivity contribution in [3.05, 3.63) is 0 Å². The fraction of sp³-hybridized carbons (Fsp3) is 1.00. The molecule has 0 aromatic carbocycles. The lowest BCUT2D eigenvalue weighted by Gasteiger charge is -2.27. The van der Waals surface area contributed by atoms with Gasteiger partial charge in [0, 0.05) is 32.8 Å². The van der Waals surface area contributed by atoms with Crippen molar-refractivity contribution in [2.45, 2.75) is 44.8 Å². The fourth-order valence-corrected chi connectivity index (χ4v) is 1.35. The molecule has 0 heterocycles. The Morgan fingerprint density at radius 3 is 2.57 bits per heavy atom. The van der Waals surface area contributed by atoms with E-state index in [1.54, 1.807) is 7.11 Å². The lowest BCUT2D eigenvalue weighted by molar-refractivity contribution is 0.00395. The molecule has 1 saturated carbocycles. The Labute approximate surface area is 87.6 Å². The maximum absolute atomic E-state index is 5.44. The van der Waals surface area contributed by atoms with Crippen LogP contribution in [0.1, 0.15) is 33.1 Å². The highest BCUT2D eigenvalue weighted by molar-refractivity contribution is 4.81. The van der Waals surface area contributed by atoms with Gasteiger partial charge in [-0.2, -0.15) is 0 Å². The third-order valence-electron chi connectivity index (χ3n) is 3.05. The second kappa shape index (κ2) is 5.69. The maximum Gasteiger partial charge on any atom is 0.0771 e. The van der Waals surface area contributed by atoms with Crippen molar-refractivity contribution in [2.24, 2.45) is 0 Å². The van der Waals surface area contributed by atoms with Gasteiger partial charge in [0.1, 0.15) is 0 Å². The Kier molecular flexibility index (Phi) is 4.85. The van der Waals surface area contributed by atoms with Gasteiger partial charge in [-0.05, 0) is 26.2 Å². The summed E-state index contributed by atoms with van der Waals surface area (Å²) in [5.41, 5.74) is -0.000416. The molecular formula is C11H24N2O. The van der Waals surface area contributed by atoms with Gasteiger partial charge in [-0.25, -0.2) is 0 Å². The van der Waals surface area contributed by atoms with E-state index in [2.05, 4.69) is 24.5 Å². The average Bonchev–Trinajstić information content (AvgIpc) is 3.01. The van der Waals surface area contributed by atoms with Crippen LogP contribution in [0.3, 0.4) is 0 Å². The smallest absolute Gasteiger partial charge is 0.0771 e. The zero-order valence-electron chi connectivity index (χ0n) is 9.73. The molecule has 1 atom stereocenters. The molecule has 1 fully saturated rings. The van der Waals surface area contributed by atoms with E-state index in [1.807, 2.05) is 0 Å². The van der Waals surface area contributed by atoms with Crippen molar-refractivity contribution in [2.75, 3.05) is 26.7 Å². The minimum atomic E-state index is -0.000416. The van der Waals surface area contributed by atoms with E-state index in [1.165, 1.54) is 12.8 Å². The monoisotopic (exact) mass is 200 g/mol. The molecule has 3 heteroatoms. The van der Waals surface area contributed by atoms with Crippen LogP contribution in [-0.2, 0) is 4.74 Å². The summed E-state index contributed by atoms with van der Waals surface area (Å²) >= 11 is 0. The lowest BCUT2D eigenvalue weighted by Crippen LogP contribution is -2.41. The molecular weight excluding hydrogens is 176 g/mol. The molecule has 0 aliphatic heterocycles. The highest BCUT2D eigenvalue weighted by atomic mass is 16.5. The molecule has 1 aliphatic rings. The largest absolute Gasteiger partial charge is 0.377 e. The summed E-state index contributed by atoms with van der Waals surface area (Å²) in [4.78, 5) is 0. The number of hydrogen-bond donors (Lipinski definition) is 2. The SMILES string of the molecule is CCC(C)(CNCCNC1CC1)OC. The van der Waals surface area contributed by atoms with Crippen molar-refractivity contribution in [3.63, 3.8) is 0 Å². The highest BCUT2D eigenvalue weighted by Crippen LogP contribution is 2.17. The number of nitrogens with one attached hydrogen (secondary N) is 2. The van der Waals surface area contributed by atoms with Gasteiger partial charge in [-0.1, -0.05) is 6.92 Å². The van der Waals surface area contributed by atoms with Crippen LogP contribution in [-0.4, -0.2) is 38.4 Å². The molecule has 0 aromatic heterocycles. The van der Waals surface area contributed by atoms with Crippen LogP contribution in [0, 0.1) is 0 Å². The lowest BCUT2D eigenvalue weighted by atomic mass is 10.0. The zero-order chi connectivity index (χ0) is 10.4. The van der Waals surface area contributed by atoms with E-state index >= 15 is 0 Å². The second-order valence-corrected chi connectivity index (χ2v) is 4.41. The Bertz CT molecular complexity index is 153. The van der Waals surface area contributed by atoms with Crippen molar-refractivity contribution in [3.8, 4) is 0 Å². The second-order valence-electron chi connectivity index (χ2n) is 4.41. The molecule has 0 aromatic rings. The van der Waals surface area contributed by atoms with Crippen LogP contribution in [0.4, 0.5) is 0 Å². The van der Waals surface area contributed by atoms with Gasteiger partial charge < -0.3 is 15.4 Å². The van der Waals surface area contributed by atoms with Crippen molar-refractivity contribution in [1.82, 2.24) is 10.6 Å². The van der Waals surface area contributed by atoms with Crippen molar-refractivity contribution >= 4 is 0 Å². The molecule has 0 radical (unpaired) electrons. The molecule has 3 nitrogen and oxygen atoms in total. The first-order valence-corrected chi connectivity index (χ1v) is 5.69. The molecule has 84 valence electrons. The predicted molar refractivity (Wildman–Crippen MR) is 59.6 cm³/mol. The molecule has 2 N–H and O–H groups in total. The van der Waals surface area contributed by atoms with Crippen molar-refractivity contribution < 1.29 is 4.74 Å². The molecule has 0 saturated heterocycles. The summed E-state index contributed by atoms with van der Waals surface area (Å²) in [7, 11) is 1.79. The van der Waals surface area contributed by atoms with Crippen LogP contribution in [0.2, 0.25) is 0 Å². The van der Waals surface area contributed by atoms with Gasteiger partial charge in [0.05, 0.1) is 5.60 Å². The Balaban J connectivity index is 1.95. The minimum Gasteiger partial charge on any atom is -0.377 e. The van der Waals surface area contributed by atoms with E-state index in [0.717, 1.165) is 32.1 Å². The molecule has 1 aliphatic carbocycles. The van der Waals surface area contributed by atoms with Crippen LogP contribution in [0.15, 0.2) is 0 Å². The van der Waals surface area contributed by atoms with E-state index in [4.69, 9.17) is 4.74 Å². The fourth-order valence-electron chi connectivity index (χ4n) is 1.35. The number of hydrogen-bond acceptors (Lipinski definition) is 3. The van der Waals surface area contributed by atoms with Gasteiger partial charge in [-0.3, -0.25) is 0 Å². The molecule has 0 amide bonds. The summed E-state index contributed by atoms with van der Waals surface area (Å²) in [5.74, 6) is 0. The van der Waals surface area contributed by atoms with Gasteiger partial charge in [0.15, 0.2) is 0 Å². The molecule has 1 unspecified atom stereocenters. The van der Waals surface area contributed by atoms with E-state index in [-0.39, 0.29) is 5.60 Å². The Hall–Kier alpha value is -0.120. The third-order valence-corrected chi connectivity index (χ3v) is 3.05. The molecule has 0 spiro atoms. The summed E-state index contributed by atoms with van der Waals surface area (Å²) in [6, 6.07) is 0.816. The van der Waals surface area contributed by atoms with Gasteiger partial charge in [0.25, 0.3) is 0 Å². The number of methoxy groups -OCH3 is 1. The summed E-state index contributed by atoms with van der Waals surface area (Å²) < 4.78 is 5.44. The van der Waals surface area contributed by atoms with Crippen molar-refractivity contribution in [1.29, 1.82) is 0 Å². The average molecular weight is 200 g/mol. The van der Waals surface area contributed by atoms with Crippen LogP contribution >= 0.6 is 0 Å². The van der Waals surface area contributed by atoms with Crippen LogP contribution in [0.25, 0.3) is 0 Å². The Morgan fingerprint density at radius 2 is 2.07 bits per heavy atom. The topological polar surface area (TPSA) is 33.3 Å². The standard InChI is InChI=1S/C11H24N2O/c1-4-11(2,14-3)9-12-7-8-13-10-5-6-10/h10,12-13H,4-9H2,1-3H3. The first kappa shape index (κ1) is 12.0. The first-order chi connectivity index (χ1) is 6.70. The highest BCUT2D eigenvalue weighted by Gasteiger charge is 2.21. The number of ether oxygens (including phenoxy) is 1. The summed E-state index contributed by atoms with van der Waals surface area (Å²) in [6.45, 7) is 7.36.